The van der Waals surface area contributed by atoms with Gasteiger partial charge in [0.2, 0.25) is 0 Å². The highest BCUT2D eigenvalue weighted by Crippen LogP contribution is 2.28. The molecule has 0 spiro atoms. The summed E-state index contributed by atoms with van der Waals surface area (Å²) in [4.78, 5) is 2.47. The summed E-state index contributed by atoms with van der Waals surface area (Å²) in [6.45, 7) is 15.1. The molecule has 0 saturated carbocycles. The zero-order chi connectivity index (χ0) is 14.6. The van der Waals surface area contributed by atoms with Crippen LogP contribution in [0.5, 0.6) is 0 Å². The zero-order valence-corrected chi connectivity index (χ0v) is 13.4. The predicted octanol–water partition coefficient (Wildman–Crippen LogP) is 3.93. The molecule has 0 aliphatic carbocycles. The Morgan fingerprint density at radius 2 is 1.53 bits per heavy atom. The summed E-state index contributed by atoms with van der Waals surface area (Å²) in [7, 11) is 0. The third-order valence-electron chi connectivity index (χ3n) is 3.79. The summed E-state index contributed by atoms with van der Waals surface area (Å²) in [5.74, 6) is 0.579. The number of hydrogen-bond acceptors (Lipinski definition) is 2. The Hall–Kier alpha value is -0.860. The van der Waals surface area contributed by atoms with Gasteiger partial charge < -0.3 is 5.73 Å². The molecule has 0 bridgehead atoms. The number of hydrogen-bond donors (Lipinski definition) is 1. The van der Waals surface area contributed by atoms with E-state index < -0.39 is 0 Å². The van der Waals surface area contributed by atoms with Crippen LogP contribution in [-0.4, -0.2) is 23.5 Å². The van der Waals surface area contributed by atoms with Crippen molar-refractivity contribution in [2.24, 2.45) is 5.73 Å². The van der Waals surface area contributed by atoms with Crippen LogP contribution in [-0.2, 0) is 0 Å². The minimum Gasteiger partial charge on any atom is -0.329 e. The number of rotatable bonds is 5. The molecule has 2 heteroatoms. The Kier molecular flexibility index (Phi) is 5.57. The van der Waals surface area contributed by atoms with E-state index in [-0.39, 0.29) is 5.54 Å². The number of nitrogens with two attached hydrogens (primary N) is 1. The van der Waals surface area contributed by atoms with Gasteiger partial charge in [0.05, 0.1) is 0 Å². The highest BCUT2D eigenvalue weighted by molar-refractivity contribution is 5.27. The molecule has 0 radical (unpaired) electrons. The zero-order valence-electron chi connectivity index (χ0n) is 13.4. The van der Waals surface area contributed by atoms with E-state index in [4.69, 9.17) is 5.73 Å². The van der Waals surface area contributed by atoms with Gasteiger partial charge in [-0.05, 0) is 44.4 Å². The minimum absolute atomic E-state index is 0.134. The van der Waals surface area contributed by atoms with Crippen molar-refractivity contribution < 1.29 is 0 Å². The molecule has 1 unspecified atom stereocenters. The summed E-state index contributed by atoms with van der Waals surface area (Å²) < 4.78 is 0. The maximum Gasteiger partial charge on any atom is 0.0475 e. The molecule has 19 heavy (non-hydrogen) atoms. The fraction of sp³-hybridized carbons (Fsp3) is 0.647. The monoisotopic (exact) mass is 262 g/mol. The molecule has 1 aromatic carbocycles. The third-order valence-corrected chi connectivity index (χ3v) is 3.79. The van der Waals surface area contributed by atoms with Crippen LogP contribution in [0.15, 0.2) is 24.3 Å². The summed E-state index contributed by atoms with van der Waals surface area (Å²) in [5.41, 5.74) is 8.88. The molecular formula is C17H30N2. The molecule has 0 amide bonds. The Labute approximate surface area is 119 Å². The smallest absolute Gasteiger partial charge is 0.0475 e. The second-order valence-electron chi connectivity index (χ2n) is 6.53. The molecule has 108 valence electrons. The molecule has 0 aromatic heterocycles. The van der Waals surface area contributed by atoms with Crippen LogP contribution in [0, 0.1) is 0 Å². The quantitative estimate of drug-likeness (QED) is 0.871. The topological polar surface area (TPSA) is 29.3 Å². The maximum absolute atomic E-state index is 6.03. The first kappa shape index (κ1) is 16.2. The lowest BCUT2D eigenvalue weighted by molar-refractivity contribution is 0.0919. The second kappa shape index (κ2) is 6.53. The van der Waals surface area contributed by atoms with E-state index in [1.54, 1.807) is 0 Å². The van der Waals surface area contributed by atoms with Gasteiger partial charge in [-0.2, -0.15) is 0 Å². The molecule has 0 saturated heterocycles. The maximum atomic E-state index is 6.03. The molecule has 2 nitrogen and oxygen atoms in total. The average Bonchev–Trinajstić information content (AvgIpc) is 2.34. The van der Waals surface area contributed by atoms with E-state index >= 15 is 0 Å². The highest BCUT2D eigenvalue weighted by Gasteiger charge is 2.27. The standard InChI is InChI=1S/C17H30N2/c1-7-19(17(4,5)6)16(12-18)15-10-8-14(9-11-15)13(2)3/h8-11,13,16H,7,12,18H2,1-6H3. The number of benzene rings is 1. The number of likely N-dealkylation sites (N-methyl/N-ethyl adjacent to an activating group) is 1. The first-order valence-electron chi connectivity index (χ1n) is 7.38. The third kappa shape index (κ3) is 4.05. The van der Waals surface area contributed by atoms with Crippen LogP contribution < -0.4 is 5.73 Å². The van der Waals surface area contributed by atoms with Gasteiger partial charge >= 0.3 is 0 Å². The second-order valence-corrected chi connectivity index (χ2v) is 6.53. The van der Waals surface area contributed by atoms with Crippen molar-refractivity contribution in [3.63, 3.8) is 0 Å². The van der Waals surface area contributed by atoms with E-state index in [1.165, 1.54) is 11.1 Å². The van der Waals surface area contributed by atoms with Crippen molar-refractivity contribution in [1.29, 1.82) is 0 Å². The lowest BCUT2D eigenvalue weighted by Gasteiger charge is -2.41. The average molecular weight is 262 g/mol. The molecule has 0 heterocycles. The van der Waals surface area contributed by atoms with Crippen molar-refractivity contribution in [2.75, 3.05) is 13.1 Å². The summed E-state index contributed by atoms with van der Waals surface area (Å²) >= 11 is 0. The van der Waals surface area contributed by atoms with E-state index in [9.17, 15) is 0 Å². The van der Waals surface area contributed by atoms with E-state index in [0.717, 1.165) is 6.54 Å². The Morgan fingerprint density at radius 3 is 1.84 bits per heavy atom. The van der Waals surface area contributed by atoms with Crippen LogP contribution >= 0.6 is 0 Å². The minimum atomic E-state index is 0.134. The Balaban J connectivity index is 3.02. The molecule has 0 fully saturated rings. The van der Waals surface area contributed by atoms with Crippen LogP contribution in [0.3, 0.4) is 0 Å². The molecule has 2 N–H and O–H groups in total. The van der Waals surface area contributed by atoms with Crippen molar-refractivity contribution >= 4 is 0 Å². The predicted molar refractivity (Wildman–Crippen MR) is 84.5 cm³/mol. The van der Waals surface area contributed by atoms with E-state index in [0.29, 0.717) is 18.5 Å². The number of nitrogens with zero attached hydrogens (tertiary/aromatic N) is 1. The SMILES string of the molecule is CCN(C(CN)c1ccc(C(C)C)cc1)C(C)(C)C. The van der Waals surface area contributed by atoms with Crippen molar-refractivity contribution in [3.8, 4) is 0 Å². The van der Waals surface area contributed by atoms with Crippen LogP contribution in [0.2, 0.25) is 0 Å². The van der Waals surface area contributed by atoms with Gasteiger partial charge in [0.1, 0.15) is 0 Å². The fourth-order valence-electron chi connectivity index (χ4n) is 2.71. The lowest BCUT2D eigenvalue weighted by Crippen LogP contribution is -2.46. The summed E-state index contributed by atoms with van der Waals surface area (Å²) in [6, 6.07) is 9.24. The molecule has 0 aliphatic rings. The lowest BCUT2D eigenvalue weighted by atomic mass is 9.95. The van der Waals surface area contributed by atoms with E-state index in [2.05, 4.69) is 70.7 Å². The highest BCUT2D eigenvalue weighted by atomic mass is 15.2. The van der Waals surface area contributed by atoms with Crippen molar-refractivity contribution in [3.05, 3.63) is 35.4 Å². The molecule has 1 atom stereocenters. The molecule has 0 aliphatic heterocycles. The van der Waals surface area contributed by atoms with Gasteiger partial charge in [-0.3, -0.25) is 4.90 Å². The molecule has 1 rings (SSSR count). The van der Waals surface area contributed by atoms with Gasteiger partial charge in [0, 0.05) is 18.1 Å². The molecular weight excluding hydrogens is 232 g/mol. The van der Waals surface area contributed by atoms with Gasteiger partial charge in [0.25, 0.3) is 0 Å². The van der Waals surface area contributed by atoms with Gasteiger partial charge in [-0.1, -0.05) is 45.0 Å². The summed E-state index contributed by atoms with van der Waals surface area (Å²) in [6.07, 6.45) is 0. The van der Waals surface area contributed by atoms with Crippen LogP contribution in [0.25, 0.3) is 0 Å². The van der Waals surface area contributed by atoms with Gasteiger partial charge in [-0.25, -0.2) is 0 Å². The van der Waals surface area contributed by atoms with Crippen LogP contribution in [0.1, 0.15) is 64.6 Å². The Morgan fingerprint density at radius 1 is 1.05 bits per heavy atom. The largest absolute Gasteiger partial charge is 0.329 e. The van der Waals surface area contributed by atoms with E-state index in [1.807, 2.05) is 0 Å². The first-order chi connectivity index (χ1) is 8.81. The van der Waals surface area contributed by atoms with Crippen molar-refractivity contribution in [2.45, 2.75) is 59.0 Å². The van der Waals surface area contributed by atoms with Gasteiger partial charge in [0.15, 0.2) is 0 Å². The van der Waals surface area contributed by atoms with Crippen molar-refractivity contribution in [1.82, 2.24) is 4.90 Å². The summed E-state index contributed by atoms with van der Waals surface area (Å²) in [5, 5.41) is 0. The van der Waals surface area contributed by atoms with Crippen LogP contribution in [0.4, 0.5) is 0 Å². The van der Waals surface area contributed by atoms with Gasteiger partial charge in [-0.15, -0.1) is 0 Å². The first-order valence-corrected chi connectivity index (χ1v) is 7.38. The Bertz CT molecular complexity index is 373. The fourth-order valence-corrected chi connectivity index (χ4v) is 2.71. The molecule has 1 aromatic rings. The normalized spacial score (nSPS) is 14.2.